The molecule has 0 N–H and O–H groups in total. The average Bonchev–Trinajstić information content (AvgIpc) is 3.02. The Labute approximate surface area is 160 Å². The third-order valence-corrected chi connectivity index (χ3v) is 4.77. The molecule has 144 valence electrons. The van der Waals surface area contributed by atoms with E-state index in [1.165, 1.54) is 6.07 Å². The van der Waals surface area contributed by atoms with Crippen molar-refractivity contribution in [3.63, 3.8) is 0 Å². The number of halogens is 1. The first-order valence-electron chi connectivity index (χ1n) is 9.43. The quantitative estimate of drug-likeness (QED) is 0.736. The van der Waals surface area contributed by atoms with Crippen LogP contribution in [-0.2, 0) is 11.3 Å². The third-order valence-electron chi connectivity index (χ3n) is 4.77. The first-order chi connectivity index (χ1) is 13.0. The Balaban J connectivity index is 1.65. The molecular formula is C22H27FN2O2. The predicted octanol–water partition coefficient (Wildman–Crippen LogP) is 4.10. The molecule has 1 unspecified atom stereocenters. The van der Waals surface area contributed by atoms with Gasteiger partial charge in [0.25, 0.3) is 0 Å². The normalized spacial score (nSPS) is 17.2. The van der Waals surface area contributed by atoms with Crippen LogP contribution in [0.15, 0.2) is 48.5 Å². The van der Waals surface area contributed by atoms with Crippen LogP contribution in [0.1, 0.15) is 25.8 Å². The summed E-state index contributed by atoms with van der Waals surface area (Å²) >= 11 is 0. The van der Waals surface area contributed by atoms with Crippen LogP contribution < -0.4 is 9.64 Å². The first kappa shape index (κ1) is 19.4. The summed E-state index contributed by atoms with van der Waals surface area (Å²) in [6, 6.07) is 14.2. The van der Waals surface area contributed by atoms with Crippen molar-refractivity contribution in [3.8, 4) is 5.75 Å². The van der Waals surface area contributed by atoms with Crippen molar-refractivity contribution in [1.82, 2.24) is 4.90 Å². The van der Waals surface area contributed by atoms with Gasteiger partial charge in [0, 0.05) is 13.1 Å². The van der Waals surface area contributed by atoms with Crippen LogP contribution in [0.2, 0.25) is 0 Å². The zero-order valence-electron chi connectivity index (χ0n) is 16.2. The summed E-state index contributed by atoms with van der Waals surface area (Å²) in [5.74, 6) is 0.913. The highest BCUT2D eigenvalue weighted by atomic mass is 19.1. The Morgan fingerprint density at radius 3 is 2.74 bits per heavy atom. The van der Waals surface area contributed by atoms with Gasteiger partial charge in [0.15, 0.2) is 0 Å². The van der Waals surface area contributed by atoms with Gasteiger partial charge < -0.3 is 9.64 Å². The van der Waals surface area contributed by atoms with Gasteiger partial charge in [-0.3, -0.25) is 9.69 Å². The Morgan fingerprint density at radius 1 is 1.22 bits per heavy atom. The molecule has 0 saturated carbocycles. The molecule has 1 atom stereocenters. The van der Waals surface area contributed by atoms with E-state index in [2.05, 4.69) is 13.8 Å². The number of benzene rings is 2. The monoisotopic (exact) mass is 370 g/mol. The van der Waals surface area contributed by atoms with Gasteiger partial charge >= 0.3 is 0 Å². The first-order valence-corrected chi connectivity index (χ1v) is 9.43. The third kappa shape index (κ3) is 4.66. The second kappa shape index (κ2) is 8.53. The summed E-state index contributed by atoms with van der Waals surface area (Å²) in [5.41, 5.74) is 1.46. The molecule has 2 aromatic carbocycles. The minimum Gasteiger partial charge on any atom is -0.493 e. The Morgan fingerprint density at radius 2 is 2.00 bits per heavy atom. The topological polar surface area (TPSA) is 32.8 Å². The largest absolute Gasteiger partial charge is 0.493 e. The minimum absolute atomic E-state index is 0.0465. The van der Waals surface area contributed by atoms with Crippen LogP contribution in [0.3, 0.4) is 0 Å². The molecule has 0 bridgehead atoms. The predicted molar refractivity (Wildman–Crippen MR) is 105 cm³/mol. The van der Waals surface area contributed by atoms with Crippen LogP contribution in [0.5, 0.6) is 5.75 Å². The van der Waals surface area contributed by atoms with E-state index in [1.54, 1.807) is 23.1 Å². The number of likely N-dealkylation sites (N-methyl/N-ethyl adjacent to an activating group) is 1. The lowest BCUT2D eigenvalue weighted by molar-refractivity contribution is -0.121. The molecule has 1 aliphatic rings. The molecule has 1 heterocycles. The maximum absolute atomic E-state index is 14.0. The van der Waals surface area contributed by atoms with Crippen LogP contribution in [0.25, 0.3) is 0 Å². The summed E-state index contributed by atoms with van der Waals surface area (Å²) in [4.78, 5) is 16.4. The summed E-state index contributed by atoms with van der Waals surface area (Å²) in [6.45, 7) is 6.08. The molecule has 27 heavy (non-hydrogen) atoms. The number of ether oxygens (including phenoxy) is 1. The Hall–Kier alpha value is -2.40. The maximum atomic E-state index is 14.0. The van der Waals surface area contributed by atoms with E-state index < -0.39 is 0 Å². The molecule has 1 amide bonds. The van der Waals surface area contributed by atoms with Crippen LogP contribution in [0, 0.1) is 11.7 Å². The number of amides is 1. The molecule has 1 fully saturated rings. The molecule has 1 aliphatic heterocycles. The highest BCUT2D eigenvalue weighted by Gasteiger charge is 2.36. The molecule has 0 aromatic heterocycles. The summed E-state index contributed by atoms with van der Waals surface area (Å²) in [6.07, 6.45) is 0.688. The van der Waals surface area contributed by atoms with E-state index in [0.29, 0.717) is 37.7 Å². The zero-order chi connectivity index (χ0) is 19.4. The van der Waals surface area contributed by atoms with Gasteiger partial charge in [0.2, 0.25) is 5.91 Å². The maximum Gasteiger partial charge on any atom is 0.244 e. The van der Waals surface area contributed by atoms with Gasteiger partial charge in [-0.05, 0) is 49.2 Å². The lowest BCUT2D eigenvalue weighted by Crippen LogP contribution is -2.39. The lowest BCUT2D eigenvalue weighted by Gasteiger charge is -2.24. The van der Waals surface area contributed by atoms with Gasteiger partial charge in [-0.1, -0.05) is 38.1 Å². The van der Waals surface area contributed by atoms with E-state index >= 15 is 0 Å². The summed E-state index contributed by atoms with van der Waals surface area (Å²) < 4.78 is 19.8. The summed E-state index contributed by atoms with van der Waals surface area (Å²) in [7, 11) is 1.94. The fraction of sp³-hybridized carbons (Fsp3) is 0.409. The molecule has 4 nitrogen and oxygen atoms in total. The number of hydrogen-bond donors (Lipinski definition) is 0. The van der Waals surface area contributed by atoms with Gasteiger partial charge in [0.1, 0.15) is 11.6 Å². The average molecular weight is 370 g/mol. The van der Waals surface area contributed by atoms with Crippen LogP contribution >= 0.6 is 0 Å². The molecule has 0 spiro atoms. The van der Waals surface area contributed by atoms with E-state index in [1.807, 2.05) is 36.2 Å². The zero-order valence-corrected chi connectivity index (χ0v) is 16.2. The highest BCUT2D eigenvalue weighted by Crippen LogP contribution is 2.27. The fourth-order valence-corrected chi connectivity index (χ4v) is 3.38. The van der Waals surface area contributed by atoms with Crippen molar-refractivity contribution in [2.75, 3.05) is 25.1 Å². The Kier molecular flexibility index (Phi) is 6.11. The minimum atomic E-state index is -0.357. The standard InChI is InChI=1S/C22H27FN2O2/c1-16(2)15-27-18-8-6-7-17(13-18)14-24(3)21-11-12-25(22(21)26)20-10-5-4-9-19(20)23/h4-10,13,16,21H,11-12,14-15H2,1-3H3. The van der Waals surface area contributed by atoms with E-state index in [4.69, 9.17) is 4.74 Å². The highest BCUT2D eigenvalue weighted by molar-refractivity contribution is 5.99. The molecule has 3 rings (SSSR count). The Bertz CT molecular complexity index is 793. The van der Waals surface area contributed by atoms with Gasteiger partial charge in [-0.15, -0.1) is 0 Å². The van der Waals surface area contributed by atoms with Crippen molar-refractivity contribution in [2.45, 2.75) is 32.9 Å². The second-order valence-electron chi connectivity index (χ2n) is 7.51. The second-order valence-corrected chi connectivity index (χ2v) is 7.51. The van der Waals surface area contributed by atoms with Gasteiger partial charge in [0.05, 0.1) is 18.3 Å². The number of nitrogens with zero attached hydrogens (tertiary/aromatic N) is 2. The smallest absolute Gasteiger partial charge is 0.244 e. The number of hydrogen-bond acceptors (Lipinski definition) is 3. The summed E-state index contributed by atoms with van der Waals surface area (Å²) in [5, 5.41) is 0. The van der Waals surface area contributed by atoms with Gasteiger partial charge in [-0.25, -0.2) is 4.39 Å². The number of carbonyl (C=O) groups excluding carboxylic acids is 1. The molecule has 2 aromatic rings. The molecule has 5 heteroatoms. The lowest BCUT2D eigenvalue weighted by atomic mass is 10.1. The number of anilines is 1. The van der Waals surface area contributed by atoms with Gasteiger partial charge in [-0.2, -0.15) is 0 Å². The SMILES string of the molecule is CC(C)COc1cccc(CN(C)C2CCN(c3ccccc3F)C2=O)c1. The van der Waals surface area contributed by atoms with Crippen molar-refractivity contribution in [3.05, 3.63) is 59.9 Å². The molecule has 1 saturated heterocycles. The van der Waals surface area contributed by atoms with Crippen LogP contribution in [-0.4, -0.2) is 37.0 Å². The molecule has 0 radical (unpaired) electrons. The van der Waals surface area contributed by atoms with E-state index in [-0.39, 0.29) is 17.8 Å². The van der Waals surface area contributed by atoms with Crippen molar-refractivity contribution < 1.29 is 13.9 Å². The number of para-hydroxylation sites is 1. The van der Waals surface area contributed by atoms with Crippen LogP contribution in [0.4, 0.5) is 10.1 Å². The molecular weight excluding hydrogens is 343 g/mol. The van der Waals surface area contributed by atoms with E-state index in [0.717, 1.165) is 11.3 Å². The molecule has 0 aliphatic carbocycles. The van der Waals surface area contributed by atoms with Crippen molar-refractivity contribution in [1.29, 1.82) is 0 Å². The number of carbonyl (C=O) groups is 1. The van der Waals surface area contributed by atoms with Crippen molar-refractivity contribution in [2.24, 2.45) is 5.92 Å². The fourth-order valence-electron chi connectivity index (χ4n) is 3.38. The van der Waals surface area contributed by atoms with Crippen molar-refractivity contribution >= 4 is 11.6 Å². The number of rotatable bonds is 7. The van der Waals surface area contributed by atoms with E-state index in [9.17, 15) is 9.18 Å².